The van der Waals surface area contributed by atoms with Crippen LogP contribution in [0.25, 0.3) is 0 Å². The average molecular weight is 945 g/mol. The van der Waals surface area contributed by atoms with Crippen LogP contribution >= 0.6 is 30.5 Å². The molecule has 0 amide bonds. The summed E-state index contributed by atoms with van der Waals surface area (Å²) in [6.45, 7) is 6.70. The number of halogens is 4. The van der Waals surface area contributed by atoms with Gasteiger partial charge in [0.15, 0.2) is 10.8 Å². The van der Waals surface area contributed by atoms with Crippen molar-refractivity contribution in [2.24, 2.45) is 10.9 Å². The minimum absolute atomic E-state index is 0.0495. The maximum Gasteiger partial charge on any atom is 0.338 e. The third-order valence-corrected chi connectivity index (χ3v) is 14.5. The van der Waals surface area contributed by atoms with E-state index in [-0.39, 0.29) is 59.2 Å². The molecule has 344 valence electrons. The number of esters is 2. The number of hydrogen-bond donors (Lipinski definition) is 3. The molecule has 3 aromatic rings. The molecule has 3 aliphatic rings. The van der Waals surface area contributed by atoms with Crippen LogP contribution in [0, 0.1) is 18.7 Å². The summed E-state index contributed by atoms with van der Waals surface area (Å²) >= 11 is 7.70. The van der Waals surface area contributed by atoms with E-state index in [9.17, 15) is 28.7 Å². The number of H-pyrrole nitrogens is 1. The zero-order chi connectivity index (χ0) is 46.0. The first-order valence-electron chi connectivity index (χ1n) is 20.2. The fraction of sp³-hybridized carbons (Fsp3) is 0.550. The minimum Gasteiger partial charge on any atom is -0.463 e. The van der Waals surface area contributed by atoms with Gasteiger partial charge in [-0.3, -0.25) is 38.1 Å². The van der Waals surface area contributed by atoms with Gasteiger partial charge in [-0.2, -0.15) is 0 Å². The van der Waals surface area contributed by atoms with E-state index in [0.717, 1.165) is 16.7 Å². The number of likely N-dealkylation sites (tertiary alicyclic amines) is 1. The van der Waals surface area contributed by atoms with E-state index in [4.69, 9.17) is 39.9 Å². The number of rotatable bonds is 17. The van der Waals surface area contributed by atoms with Gasteiger partial charge in [0.25, 0.3) is 11.5 Å². The van der Waals surface area contributed by atoms with Crippen molar-refractivity contribution in [3.05, 3.63) is 95.1 Å². The van der Waals surface area contributed by atoms with Crippen molar-refractivity contribution in [1.82, 2.24) is 24.8 Å². The summed E-state index contributed by atoms with van der Waals surface area (Å²) < 4.78 is 91.6. The third kappa shape index (κ3) is 10.8. The molecule has 0 bridgehead atoms. The zero-order valence-electron chi connectivity index (χ0n) is 35.2. The van der Waals surface area contributed by atoms with Gasteiger partial charge in [-0.1, -0.05) is 31.5 Å². The molecule has 3 aliphatic heterocycles. The molecule has 2 fully saturated rings. The fourth-order valence-electron chi connectivity index (χ4n) is 7.60. The molecule has 0 aliphatic carbocycles. The van der Waals surface area contributed by atoms with Crippen molar-refractivity contribution in [3.8, 4) is 0 Å². The number of nitrogens with one attached hydrogen (secondary N) is 2. The van der Waals surface area contributed by atoms with Gasteiger partial charge in [0.2, 0.25) is 0 Å². The number of benzene rings is 1. The number of hydrogen-bond acceptors (Lipinski definition) is 16. The first-order chi connectivity index (χ1) is 29.7. The van der Waals surface area contributed by atoms with Crippen LogP contribution < -0.4 is 16.6 Å². The van der Waals surface area contributed by atoms with Crippen LogP contribution in [0.2, 0.25) is 5.02 Å². The zero-order valence-corrected chi connectivity index (χ0v) is 37.7. The minimum atomic E-state index is -4.80. The predicted molar refractivity (Wildman–Crippen MR) is 224 cm³/mol. The molecule has 5 heterocycles. The first-order valence-corrected chi connectivity index (χ1v) is 23.1. The van der Waals surface area contributed by atoms with E-state index < -0.39 is 110 Å². The van der Waals surface area contributed by atoms with Crippen LogP contribution in [0.3, 0.4) is 0 Å². The summed E-state index contributed by atoms with van der Waals surface area (Å²) in [4.78, 5) is 63.9. The van der Waals surface area contributed by atoms with E-state index >= 15 is 13.3 Å². The number of aliphatic hydroxyl groups is 1. The highest BCUT2D eigenvalue weighted by Gasteiger charge is 2.55. The number of carbonyl (C=O) groups is 2. The summed E-state index contributed by atoms with van der Waals surface area (Å²) in [5.74, 6) is -6.94. The van der Waals surface area contributed by atoms with Gasteiger partial charge >= 0.3 is 25.2 Å². The molecule has 63 heavy (non-hydrogen) atoms. The Kier molecular flexibility index (Phi) is 15.2. The van der Waals surface area contributed by atoms with E-state index in [1.807, 2.05) is 0 Å². The molecule has 2 saturated heterocycles. The number of aryl methyl sites for hydroxylation is 1. The second-order valence-electron chi connectivity index (χ2n) is 15.6. The van der Waals surface area contributed by atoms with Crippen LogP contribution in [-0.2, 0) is 37.4 Å². The second-order valence-corrected chi connectivity index (χ2v) is 19.2. The quantitative estimate of drug-likeness (QED) is 0.116. The van der Waals surface area contributed by atoms with Crippen LogP contribution in [0.15, 0.2) is 61.8 Å². The number of aliphatic imine (C=N–C) groups is 1. The Bertz CT molecular complexity index is 2400. The van der Waals surface area contributed by atoms with Gasteiger partial charge in [-0.05, 0) is 46.2 Å². The number of carbonyl (C=O) groups excluding carboxylic acids is 2. The van der Waals surface area contributed by atoms with Crippen molar-refractivity contribution >= 4 is 48.3 Å². The molecule has 8 atom stereocenters. The van der Waals surface area contributed by atoms with Crippen LogP contribution in [0.1, 0.15) is 75.9 Å². The average Bonchev–Trinajstić information content (AvgIpc) is 3.94. The maximum atomic E-state index is 16.3. The number of ether oxygens (including phenoxy) is 3. The Labute approximate surface area is 369 Å². The Morgan fingerprint density at radius 1 is 1.21 bits per heavy atom. The predicted octanol–water partition coefficient (Wildman–Crippen LogP) is 5.26. The van der Waals surface area contributed by atoms with Gasteiger partial charge < -0.3 is 29.2 Å². The topological polar surface area (TPSA) is 213 Å². The Balaban J connectivity index is 1.30. The van der Waals surface area contributed by atoms with Gasteiger partial charge in [-0.15, -0.1) is 11.3 Å². The smallest absolute Gasteiger partial charge is 0.338 e. The van der Waals surface area contributed by atoms with E-state index in [1.54, 1.807) is 33.1 Å². The van der Waals surface area contributed by atoms with Crippen molar-refractivity contribution in [2.45, 2.75) is 103 Å². The molecule has 23 heteroatoms. The van der Waals surface area contributed by atoms with Crippen molar-refractivity contribution in [3.63, 3.8) is 0 Å². The maximum absolute atomic E-state index is 16.3. The van der Waals surface area contributed by atoms with Crippen LogP contribution in [-0.4, -0.2) is 111 Å². The van der Waals surface area contributed by atoms with Crippen molar-refractivity contribution in [2.75, 3.05) is 32.8 Å². The van der Waals surface area contributed by atoms with Crippen molar-refractivity contribution in [1.29, 1.82) is 0 Å². The van der Waals surface area contributed by atoms with Crippen LogP contribution in [0.5, 0.6) is 0 Å². The number of thiazole rings is 1. The largest absolute Gasteiger partial charge is 0.463 e. The number of amidine groups is 1. The van der Waals surface area contributed by atoms with E-state index in [0.29, 0.717) is 5.01 Å². The van der Waals surface area contributed by atoms with Crippen LogP contribution in [0.4, 0.5) is 13.2 Å². The van der Waals surface area contributed by atoms with Gasteiger partial charge in [0, 0.05) is 59.1 Å². The molecule has 0 radical (unpaired) electrons. The summed E-state index contributed by atoms with van der Waals surface area (Å²) in [7, 11) is -4.80. The van der Waals surface area contributed by atoms with Gasteiger partial charge in [0.05, 0.1) is 49.1 Å². The molecule has 0 saturated carbocycles. The highest BCUT2D eigenvalue weighted by atomic mass is 35.5. The summed E-state index contributed by atoms with van der Waals surface area (Å²) in [6, 6.07) is 2.39. The normalized spacial score (nSPS) is 24.4. The number of alkyl halides is 2. The second kappa shape index (κ2) is 19.9. The highest BCUT2D eigenvalue weighted by molar-refractivity contribution is 7.54. The van der Waals surface area contributed by atoms with E-state index in [1.165, 1.54) is 48.5 Å². The number of aromatic amines is 1. The lowest BCUT2D eigenvalue weighted by Gasteiger charge is -2.33. The molecule has 17 nitrogen and oxygen atoms in total. The Hall–Kier alpha value is -4.21. The monoisotopic (exact) mass is 944 g/mol. The SMILES string of the molecule is CCOC(=O)C1=C(CN2CC(OP(=O)(OC[C@@H]3O[C@H](n4cc(C)c(=O)[nH]c4=O)C[C@H]3O)C(CC)[C@@H](C)C(=O)OC(C)C)C(F)(F)C2)NC(c2nccs2)=N[C@H]1c1ccc(F)cc1Cl. The number of aromatic nitrogens is 3. The number of aliphatic hydroxyl groups excluding tert-OH is 1. The molecule has 3 N–H and O–H groups in total. The third-order valence-electron chi connectivity index (χ3n) is 10.7. The molecular weight excluding hydrogens is 896 g/mol. The molecule has 3 unspecified atom stereocenters. The van der Waals surface area contributed by atoms with E-state index in [2.05, 4.69) is 15.3 Å². The fourth-order valence-corrected chi connectivity index (χ4v) is 10.9. The lowest BCUT2D eigenvalue weighted by Crippen LogP contribution is -2.39. The number of nitrogens with zero attached hydrogens (tertiary/aromatic N) is 4. The molecule has 2 aromatic heterocycles. The molecule has 0 spiro atoms. The summed E-state index contributed by atoms with van der Waals surface area (Å²) in [5.41, 5.74) is -2.27. The Morgan fingerprint density at radius 3 is 2.60 bits per heavy atom. The molecular formula is C40H49ClF3N6O11PS. The Morgan fingerprint density at radius 2 is 1.95 bits per heavy atom. The molecule has 6 rings (SSSR count). The standard InChI is InChI=1S/C40H49ClF3N6O11PS/c1-7-29(22(6)37(53)59-20(3)4)62(56,58-18-28-27(51)14-31(60-28)50-15-21(5)35(52)48-39(50)55)61-30-17-49(19-40(30,43)44)16-26-32(38(54)57-8-2)33(24-10-9-23(42)13-25(24)41)47-34(46-26)36-45-11-12-63-36/h9-13,15,20,22,27-31,33,51H,7-8,14,16-19H2,1-6H3,(H,46,47)(H,48,52,55)/t22-,27-,28+,29?,30?,31+,33+,62?/m1/s1. The van der Waals surface area contributed by atoms with Gasteiger partial charge in [-0.25, -0.2) is 27.7 Å². The lowest BCUT2D eigenvalue weighted by atomic mass is 9.95. The highest BCUT2D eigenvalue weighted by Crippen LogP contribution is 2.60. The summed E-state index contributed by atoms with van der Waals surface area (Å²) in [5, 5.41) is 16.1. The summed E-state index contributed by atoms with van der Waals surface area (Å²) in [6.07, 6.45) is -3.69. The first kappa shape index (κ1) is 48.3. The van der Waals surface area contributed by atoms with Gasteiger partial charge in [0.1, 0.15) is 30.3 Å². The van der Waals surface area contributed by atoms with Crippen molar-refractivity contribution < 1.29 is 55.7 Å². The lowest BCUT2D eigenvalue weighted by molar-refractivity contribution is -0.152. The molecule has 1 aromatic carbocycles.